The molecule has 0 unspecified atom stereocenters. The highest BCUT2D eigenvalue weighted by molar-refractivity contribution is 7.21. The maximum absolute atomic E-state index is 5.84. The minimum Gasteiger partial charge on any atom is -0.368 e. The Kier molecular flexibility index (Phi) is 11.1. The van der Waals surface area contributed by atoms with Gasteiger partial charge in [-0.25, -0.2) is 9.97 Å². The molecule has 4 aromatic heterocycles. The molecule has 0 amide bonds. The Labute approximate surface area is 241 Å². The fourth-order valence-electron chi connectivity index (χ4n) is 3.33. The smallest absolute Gasteiger partial charge is 0.244 e. The summed E-state index contributed by atoms with van der Waals surface area (Å²) >= 11 is 3.10. The van der Waals surface area contributed by atoms with E-state index in [2.05, 4.69) is 40.8 Å². The van der Waals surface area contributed by atoms with Gasteiger partial charge in [-0.15, -0.1) is 10.2 Å². The third-order valence-corrected chi connectivity index (χ3v) is 6.88. The summed E-state index contributed by atoms with van der Waals surface area (Å²) in [4.78, 5) is 17.3. The monoisotopic (exact) mass is 580 g/mol. The molecule has 0 saturated carbocycles. The predicted molar refractivity (Wildman–Crippen MR) is 169 cm³/mol. The second kappa shape index (κ2) is 14.7. The minimum absolute atomic E-state index is 0.241. The zero-order valence-corrected chi connectivity index (χ0v) is 25.2. The van der Waals surface area contributed by atoms with E-state index in [0.29, 0.717) is 17.8 Å². The molecule has 40 heavy (non-hydrogen) atoms. The van der Waals surface area contributed by atoms with Gasteiger partial charge >= 0.3 is 0 Å². The average Bonchev–Trinajstić information content (AvgIpc) is 3.76. The molecule has 12 nitrogen and oxygen atoms in total. The predicted octanol–water partition coefficient (Wildman–Crippen LogP) is 5.83. The van der Waals surface area contributed by atoms with Crippen LogP contribution in [0.2, 0.25) is 0 Å². The molecule has 0 aliphatic rings. The van der Waals surface area contributed by atoms with Gasteiger partial charge in [0.2, 0.25) is 34.1 Å². The number of nitrogen functional groups attached to an aromatic ring is 2. The number of fused-ring (bicyclic) bond motifs is 2. The van der Waals surface area contributed by atoms with E-state index in [0.717, 1.165) is 43.8 Å². The Hall–Kier alpha value is -4.30. The topological polar surface area (TPSA) is 163 Å². The van der Waals surface area contributed by atoms with E-state index in [1.54, 1.807) is 20.7 Å². The SMILES string of the molecule is CC.CC.CCNc1nc(N)n(-c2nc3ccccc3s2)n1.CCNc1nc(N)nn1-c1nc2ccccc2s1. The summed E-state index contributed by atoms with van der Waals surface area (Å²) in [6.45, 7) is 13.5. The maximum atomic E-state index is 5.84. The van der Waals surface area contributed by atoms with E-state index >= 15 is 0 Å². The Balaban J connectivity index is 0.000000196. The minimum atomic E-state index is 0.241. The number of anilines is 4. The summed E-state index contributed by atoms with van der Waals surface area (Å²) in [5.74, 6) is 1.72. The van der Waals surface area contributed by atoms with Crippen LogP contribution in [0, 0.1) is 0 Å². The van der Waals surface area contributed by atoms with Gasteiger partial charge in [0.05, 0.1) is 20.4 Å². The summed E-state index contributed by atoms with van der Waals surface area (Å²) < 4.78 is 5.42. The summed E-state index contributed by atoms with van der Waals surface area (Å²) in [5, 5.41) is 16.1. The van der Waals surface area contributed by atoms with Gasteiger partial charge in [0.1, 0.15) is 0 Å². The van der Waals surface area contributed by atoms with E-state index in [4.69, 9.17) is 11.5 Å². The fraction of sp³-hybridized carbons (Fsp3) is 0.308. The highest BCUT2D eigenvalue weighted by Crippen LogP contribution is 2.27. The van der Waals surface area contributed by atoms with Gasteiger partial charge in [0.15, 0.2) is 0 Å². The van der Waals surface area contributed by atoms with Gasteiger partial charge in [-0.2, -0.15) is 19.3 Å². The van der Waals surface area contributed by atoms with Crippen LogP contribution in [-0.2, 0) is 0 Å². The lowest BCUT2D eigenvalue weighted by molar-refractivity contribution is 0.873. The number of hydrogen-bond acceptors (Lipinski definition) is 12. The fourth-order valence-corrected chi connectivity index (χ4v) is 5.18. The molecule has 0 aliphatic carbocycles. The van der Waals surface area contributed by atoms with Crippen LogP contribution in [0.3, 0.4) is 0 Å². The quantitative estimate of drug-likeness (QED) is 0.188. The molecule has 14 heteroatoms. The molecular formula is C26H36N12S2. The Morgan fingerprint density at radius 3 is 1.73 bits per heavy atom. The average molecular weight is 581 g/mol. The molecule has 6 N–H and O–H groups in total. The molecule has 6 rings (SSSR count). The number of benzene rings is 2. The van der Waals surface area contributed by atoms with E-state index in [9.17, 15) is 0 Å². The van der Waals surface area contributed by atoms with Gasteiger partial charge in [-0.3, -0.25) is 0 Å². The van der Waals surface area contributed by atoms with Crippen LogP contribution < -0.4 is 22.1 Å². The Morgan fingerprint density at radius 2 is 1.20 bits per heavy atom. The molecule has 0 atom stereocenters. The van der Waals surface area contributed by atoms with E-state index in [-0.39, 0.29) is 5.95 Å². The molecule has 0 spiro atoms. The van der Waals surface area contributed by atoms with Crippen molar-refractivity contribution in [2.24, 2.45) is 0 Å². The molecule has 2 aromatic carbocycles. The zero-order chi connectivity index (χ0) is 29.1. The summed E-state index contributed by atoms with van der Waals surface area (Å²) in [6, 6.07) is 15.9. The van der Waals surface area contributed by atoms with Crippen molar-refractivity contribution in [3.05, 3.63) is 48.5 Å². The lowest BCUT2D eigenvalue weighted by atomic mass is 10.3. The Bertz CT molecular complexity index is 1550. The summed E-state index contributed by atoms with van der Waals surface area (Å²) in [5.41, 5.74) is 13.4. The highest BCUT2D eigenvalue weighted by atomic mass is 32.1. The first-order valence-electron chi connectivity index (χ1n) is 13.2. The standard InChI is InChI=1S/2C11H12N6S.2C2H6/c1-2-13-10-15-9(12)17(16-10)11-14-7-5-3-4-6-8(7)18-11;1-2-13-10-15-9(12)16-17(10)11-14-7-5-3-4-6-8(7)18-11;2*1-2/h2*3-6H,2H2,1H3,(H3,12,13,15,16);2*1-2H3. The molecule has 212 valence electrons. The largest absolute Gasteiger partial charge is 0.368 e. The van der Waals surface area contributed by atoms with Crippen LogP contribution in [0.5, 0.6) is 0 Å². The number of thiazole rings is 2. The van der Waals surface area contributed by atoms with Crippen molar-refractivity contribution in [1.82, 2.24) is 39.5 Å². The van der Waals surface area contributed by atoms with E-state index < -0.39 is 0 Å². The van der Waals surface area contributed by atoms with Crippen LogP contribution in [0.15, 0.2) is 48.5 Å². The molecule has 0 radical (unpaired) electrons. The van der Waals surface area contributed by atoms with Gasteiger partial charge in [-0.1, -0.05) is 74.6 Å². The molecule has 0 aliphatic heterocycles. The maximum Gasteiger partial charge on any atom is 0.244 e. The summed E-state index contributed by atoms with van der Waals surface area (Å²) in [7, 11) is 0. The molecule has 6 aromatic rings. The molecule has 0 saturated heterocycles. The Morgan fingerprint density at radius 1 is 0.675 bits per heavy atom. The van der Waals surface area contributed by atoms with Crippen molar-refractivity contribution in [3.8, 4) is 10.3 Å². The van der Waals surface area contributed by atoms with E-state index in [1.165, 1.54) is 11.3 Å². The van der Waals surface area contributed by atoms with Crippen LogP contribution in [0.25, 0.3) is 30.7 Å². The van der Waals surface area contributed by atoms with Crippen LogP contribution in [-0.4, -0.2) is 52.6 Å². The number of nitrogens with two attached hydrogens (primary N) is 2. The number of aromatic nitrogens is 8. The van der Waals surface area contributed by atoms with Gasteiger partial charge < -0.3 is 22.1 Å². The van der Waals surface area contributed by atoms with Crippen LogP contribution >= 0.6 is 22.7 Å². The zero-order valence-electron chi connectivity index (χ0n) is 23.6. The first-order valence-corrected chi connectivity index (χ1v) is 14.8. The van der Waals surface area contributed by atoms with Gasteiger partial charge in [0, 0.05) is 13.1 Å². The first kappa shape index (κ1) is 30.2. The molecular weight excluding hydrogens is 545 g/mol. The lowest BCUT2D eigenvalue weighted by Gasteiger charge is -2.01. The highest BCUT2D eigenvalue weighted by Gasteiger charge is 2.14. The second-order valence-electron chi connectivity index (χ2n) is 7.40. The van der Waals surface area contributed by atoms with Crippen molar-refractivity contribution in [1.29, 1.82) is 0 Å². The molecule has 0 bridgehead atoms. The number of nitrogens with one attached hydrogen (secondary N) is 2. The van der Waals surface area contributed by atoms with Crippen molar-refractivity contribution in [3.63, 3.8) is 0 Å². The van der Waals surface area contributed by atoms with Crippen molar-refractivity contribution in [2.75, 3.05) is 35.2 Å². The first-order chi connectivity index (χ1) is 19.6. The number of nitrogens with zero attached hydrogens (tertiary/aromatic N) is 8. The second-order valence-corrected chi connectivity index (χ2v) is 9.42. The van der Waals surface area contributed by atoms with Crippen molar-refractivity contribution >= 4 is 66.9 Å². The van der Waals surface area contributed by atoms with Gasteiger partial charge in [-0.05, 0) is 38.1 Å². The van der Waals surface area contributed by atoms with Gasteiger partial charge in [0.25, 0.3) is 0 Å². The number of hydrogen-bond donors (Lipinski definition) is 4. The third kappa shape index (κ3) is 7.01. The molecule has 4 heterocycles. The van der Waals surface area contributed by atoms with Crippen molar-refractivity contribution in [2.45, 2.75) is 41.5 Å². The third-order valence-electron chi connectivity index (χ3n) is 4.85. The van der Waals surface area contributed by atoms with Crippen LogP contribution in [0.1, 0.15) is 41.5 Å². The lowest BCUT2D eigenvalue weighted by Crippen LogP contribution is -2.06. The number of rotatable bonds is 6. The van der Waals surface area contributed by atoms with Crippen LogP contribution in [0.4, 0.5) is 23.8 Å². The summed E-state index contributed by atoms with van der Waals surface area (Å²) in [6.07, 6.45) is 0. The normalized spacial score (nSPS) is 10.2. The molecule has 0 fully saturated rings. The number of para-hydroxylation sites is 2. The van der Waals surface area contributed by atoms with E-state index in [1.807, 2.05) is 90.1 Å². The van der Waals surface area contributed by atoms with Crippen molar-refractivity contribution < 1.29 is 0 Å².